The van der Waals surface area contributed by atoms with Crippen LogP contribution in [0.5, 0.6) is 0 Å². The van der Waals surface area contributed by atoms with Gasteiger partial charge in [0.05, 0.1) is 5.69 Å². The minimum absolute atomic E-state index is 0.190. The van der Waals surface area contributed by atoms with Crippen LogP contribution in [-0.4, -0.2) is 27.6 Å². The molecule has 1 aromatic carbocycles. The second-order valence-corrected chi connectivity index (χ2v) is 6.62. The van der Waals surface area contributed by atoms with E-state index in [0.717, 1.165) is 11.6 Å². The van der Waals surface area contributed by atoms with Crippen LogP contribution in [0.4, 0.5) is 14.7 Å². The maximum absolute atomic E-state index is 14.2. The molecule has 0 unspecified atom stereocenters. The molecule has 0 aliphatic carbocycles. The Morgan fingerprint density at radius 3 is 2.68 bits per heavy atom. The van der Waals surface area contributed by atoms with E-state index < -0.39 is 11.6 Å². The Hall–Kier alpha value is -3.35. The molecule has 0 atom stereocenters. The van der Waals surface area contributed by atoms with E-state index in [2.05, 4.69) is 9.97 Å². The molecule has 4 rings (SSSR count). The van der Waals surface area contributed by atoms with Gasteiger partial charge in [-0.25, -0.2) is 13.8 Å². The SMILES string of the molecule is Cn1c(N2CCC=C(c3cccc(F)c3F)C2)nc(-c2ccncc2)cc1=O. The van der Waals surface area contributed by atoms with E-state index in [1.165, 1.54) is 16.7 Å². The summed E-state index contributed by atoms with van der Waals surface area (Å²) in [6, 6.07) is 9.21. The summed E-state index contributed by atoms with van der Waals surface area (Å²) >= 11 is 0. The third kappa shape index (κ3) is 3.31. The minimum Gasteiger partial charge on any atom is -0.338 e. The Labute approximate surface area is 160 Å². The van der Waals surface area contributed by atoms with Crippen molar-refractivity contribution in [3.05, 3.63) is 82.4 Å². The molecule has 142 valence electrons. The standard InChI is InChI=1S/C21H18F2N4O/c1-26-19(28)12-18(14-7-9-24-10-8-14)25-21(26)27-11-3-4-15(13-27)16-5-2-6-17(22)20(16)23/h2,4-10,12H,3,11,13H2,1H3. The fourth-order valence-electron chi connectivity index (χ4n) is 3.34. The summed E-state index contributed by atoms with van der Waals surface area (Å²) < 4.78 is 29.3. The Kier molecular flexibility index (Phi) is 4.73. The molecule has 0 amide bonds. The first kappa shape index (κ1) is 18.0. The average Bonchev–Trinajstić information content (AvgIpc) is 2.72. The van der Waals surface area contributed by atoms with Crippen LogP contribution < -0.4 is 10.5 Å². The highest BCUT2D eigenvalue weighted by Crippen LogP contribution is 2.27. The molecule has 0 saturated carbocycles. The average molecular weight is 380 g/mol. The van der Waals surface area contributed by atoms with Crippen LogP contribution in [0.2, 0.25) is 0 Å². The maximum Gasteiger partial charge on any atom is 0.255 e. The normalized spacial score (nSPS) is 14.1. The fraction of sp³-hybridized carbons (Fsp3) is 0.190. The highest BCUT2D eigenvalue weighted by Gasteiger charge is 2.21. The van der Waals surface area contributed by atoms with Gasteiger partial charge in [-0.15, -0.1) is 0 Å². The van der Waals surface area contributed by atoms with Crippen LogP contribution in [0.1, 0.15) is 12.0 Å². The second kappa shape index (κ2) is 7.34. The van der Waals surface area contributed by atoms with Gasteiger partial charge < -0.3 is 4.90 Å². The number of pyridine rings is 1. The molecule has 0 saturated heterocycles. The Bertz CT molecular complexity index is 1110. The smallest absolute Gasteiger partial charge is 0.255 e. The van der Waals surface area contributed by atoms with Crippen LogP contribution in [-0.2, 0) is 7.05 Å². The van der Waals surface area contributed by atoms with Gasteiger partial charge >= 0.3 is 0 Å². The van der Waals surface area contributed by atoms with E-state index >= 15 is 0 Å². The third-order valence-corrected chi connectivity index (χ3v) is 4.82. The summed E-state index contributed by atoms with van der Waals surface area (Å²) in [7, 11) is 1.65. The van der Waals surface area contributed by atoms with Gasteiger partial charge in [-0.2, -0.15) is 0 Å². The lowest BCUT2D eigenvalue weighted by Crippen LogP contribution is -2.35. The zero-order chi connectivity index (χ0) is 19.7. The molecule has 2 aromatic heterocycles. The van der Waals surface area contributed by atoms with E-state index in [-0.39, 0.29) is 11.1 Å². The first-order chi connectivity index (χ1) is 13.5. The molecular weight excluding hydrogens is 362 g/mol. The highest BCUT2D eigenvalue weighted by atomic mass is 19.2. The van der Waals surface area contributed by atoms with E-state index in [9.17, 15) is 13.6 Å². The van der Waals surface area contributed by atoms with Crippen LogP contribution in [0.15, 0.2) is 59.7 Å². The van der Waals surface area contributed by atoms with Crippen LogP contribution in [0, 0.1) is 11.6 Å². The summed E-state index contributed by atoms with van der Waals surface area (Å²) in [4.78, 5) is 23.0. The number of rotatable bonds is 3. The minimum atomic E-state index is -0.874. The number of hydrogen-bond donors (Lipinski definition) is 0. The summed E-state index contributed by atoms with van der Waals surface area (Å²) in [6.45, 7) is 0.959. The quantitative estimate of drug-likeness (QED) is 0.699. The Balaban J connectivity index is 1.72. The first-order valence-electron chi connectivity index (χ1n) is 8.91. The van der Waals surface area contributed by atoms with Gasteiger partial charge in [0.2, 0.25) is 5.95 Å². The number of halogens is 2. The number of hydrogen-bond acceptors (Lipinski definition) is 4. The molecule has 28 heavy (non-hydrogen) atoms. The van der Waals surface area contributed by atoms with Gasteiger partial charge in [0.1, 0.15) is 0 Å². The van der Waals surface area contributed by atoms with Crippen LogP contribution in [0.25, 0.3) is 16.8 Å². The lowest BCUT2D eigenvalue weighted by molar-refractivity contribution is 0.506. The van der Waals surface area contributed by atoms with E-state index in [1.54, 1.807) is 37.6 Å². The molecular formula is C21H18F2N4O. The lowest BCUT2D eigenvalue weighted by Gasteiger charge is -2.30. The first-order valence-corrected chi connectivity index (χ1v) is 8.91. The van der Waals surface area contributed by atoms with Crippen molar-refractivity contribution in [3.63, 3.8) is 0 Å². The molecule has 5 nitrogen and oxygen atoms in total. The van der Waals surface area contributed by atoms with Crippen molar-refractivity contribution < 1.29 is 8.78 Å². The van der Waals surface area contributed by atoms with Crippen molar-refractivity contribution in [2.24, 2.45) is 7.05 Å². The van der Waals surface area contributed by atoms with Gasteiger partial charge in [0, 0.05) is 49.7 Å². The summed E-state index contributed by atoms with van der Waals surface area (Å²) in [5.41, 5.74) is 2.06. The third-order valence-electron chi connectivity index (χ3n) is 4.82. The van der Waals surface area contributed by atoms with Gasteiger partial charge in [-0.3, -0.25) is 14.3 Å². The number of aromatic nitrogens is 3. The van der Waals surface area contributed by atoms with E-state index in [4.69, 9.17) is 0 Å². The Morgan fingerprint density at radius 1 is 1.11 bits per heavy atom. The number of nitrogens with zero attached hydrogens (tertiary/aromatic N) is 4. The highest BCUT2D eigenvalue weighted by molar-refractivity contribution is 5.71. The topological polar surface area (TPSA) is 51.0 Å². The molecule has 3 aromatic rings. The van der Waals surface area contributed by atoms with Gasteiger partial charge in [-0.05, 0) is 30.2 Å². The summed E-state index contributed by atoms with van der Waals surface area (Å²) in [6.07, 6.45) is 5.82. The summed E-state index contributed by atoms with van der Waals surface area (Å²) in [5.74, 6) is -1.24. The van der Waals surface area contributed by atoms with Crippen molar-refractivity contribution in [1.29, 1.82) is 0 Å². The zero-order valence-corrected chi connectivity index (χ0v) is 15.3. The molecule has 0 bridgehead atoms. The summed E-state index contributed by atoms with van der Waals surface area (Å²) in [5, 5.41) is 0. The number of benzene rings is 1. The number of anilines is 1. The predicted octanol–water partition coefficient (Wildman–Crippen LogP) is 3.41. The monoisotopic (exact) mass is 380 g/mol. The molecule has 1 aliphatic rings. The van der Waals surface area contributed by atoms with Crippen LogP contribution in [0.3, 0.4) is 0 Å². The predicted molar refractivity (Wildman–Crippen MR) is 104 cm³/mol. The lowest BCUT2D eigenvalue weighted by atomic mass is 10.0. The zero-order valence-electron chi connectivity index (χ0n) is 15.3. The van der Waals surface area contributed by atoms with Crippen molar-refractivity contribution in [1.82, 2.24) is 14.5 Å². The molecule has 0 fully saturated rings. The van der Waals surface area contributed by atoms with Gasteiger partial charge in [0.15, 0.2) is 11.6 Å². The molecule has 0 N–H and O–H groups in total. The van der Waals surface area contributed by atoms with Gasteiger partial charge in [0.25, 0.3) is 5.56 Å². The van der Waals surface area contributed by atoms with Crippen molar-refractivity contribution in [2.75, 3.05) is 18.0 Å². The molecule has 0 spiro atoms. The van der Waals surface area contributed by atoms with E-state index in [1.807, 2.05) is 11.0 Å². The molecule has 1 aliphatic heterocycles. The van der Waals surface area contributed by atoms with Crippen LogP contribution >= 0.6 is 0 Å². The molecule has 0 radical (unpaired) electrons. The van der Waals surface area contributed by atoms with Crippen molar-refractivity contribution in [3.8, 4) is 11.3 Å². The van der Waals surface area contributed by atoms with Crippen molar-refractivity contribution >= 4 is 11.5 Å². The maximum atomic E-state index is 14.2. The largest absolute Gasteiger partial charge is 0.338 e. The molecule has 3 heterocycles. The Morgan fingerprint density at radius 2 is 1.89 bits per heavy atom. The fourth-order valence-corrected chi connectivity index (χ4v) is 3.34. The molecule has 7 heteroatoms. The second-order valence-electron chi connectivity index (χ2n) is 6.62. The van der Waals surface area contributed by atoms with Gasteiger partial charge in [-0.1, -0.05) is 18.2 Å². The van der Waals surface area contributed by atoms with Crippen molar-refractivity contribution in [2.45, 2.75) is 6.42 Å². The van der Waals surface area contributed by atoms with E-state index in [0.29, 0.717) is 36.7 Å².